The molecule has 106 valence electrons. The first-order valence-corrected chi connectivity index (χ1v) is 8.07. The van der Waals surface area contributed by atoms with E-state index in [4.69, 9.17) is 0 Å². The summed E-state index contributed by atoms with van der Waals surface area (Å²) in [5, 5.41) is 9.40. The third-order valence-corrected chi connectivity index (χ3v) is 4.57. The first kappa shape index (κ1) is 14.2. The van der Waals surface area contributed by atoms with Gasteiger partial charge in [0.1, 0.15) is 0 Å². The van der Waals surface area contributed by atoms with Gasteiger partial charge in [-0.2, -0.15) is 4.31 Å². The Morgan fingerprint density at radius 1 is 1.26 bits per heavy atom. The maximum Gasteiger partial charge on any atom is 0.211 e. The molecule has 0 aromatic carbocycles. The smallest absolute Gasteiger partial charge is 0.211 e. The molecule has 0 saturated carbocycles. The SMILES string of the molecule is CC(O)c1ccc(N2CCN(S(C)(=O)=O)CC2)cn1. The Morgan fingerprint density at radius 3 is 2.32 bits per heavy atom. The third-order valence-electron chi connectivity index (χ3n) is 3.27. The molecular weight excluding hydrogens is 266 g/mol. The summed E-state index contributed by atoms with van der Waals surface area (Å²) in [4.78, 5) is 6.30. The molecule has 1 N–H and O–H groups in total. The molecule has 19 heavy (non-hydrogen) atoms. The van der Waals surface area contributed by atoms with Crippen molar-refractivity contribution in [1.29, 1.82) is 0 Å². The number of rotatable bonds is 3. The molecule has 1 aromatic rings. The Hall–Kier alpha value is -1.18. The monoisotopic (exact) mass is 285 g/mol. The van der Waals surface area contributed by atoms with Crippen LogP contribution in [0.3, 0.4) is 0 Å². The van der Waals surface area contributed by atoms with Crippen molar-refractivity contribution in [2.45, 2.75) is 13.0 Å². The average molecular weight is 285 g/mol. The van der Waals surface area contributed by atoms with E-state index in [-0.39, 0.29) is 0 Å². The van der Waals surface area contributed by atoms with Crippen LogP contribution in [0.2, 0.25) is 0 Å². The number of hydrogen-bond acceptors (Lipinski definition) is 5. The maximum atomic E-state index is 11.4. The number of aliphatic hydroxyl groups excluding tert-OH is 1. The molecule has 1 unspecified atom stereocenters. The minimum absolute atomic E-state index is 0.497. The fraction of sp³-hybridized carbons (Fsp3) is 0.583. The molecule has 1 aliphatic rings. The minimum atomic E-state index is -3.09. The molecule has 7 heteroatoms. The molecule has 0 aliphatic carbocycles. The molecule has 0 radical (unpaired) electrons. The first-order valence-electron chi connectivity index (χ1n) is 6.22. The van der Waals surface area contributed by atoms with Crippen molar-refractivity contribution in [3.63, 3.8) is 0 Å². The van der Waals surface area contributed by atoms with Crippen LogP contribution in [0.4, 0.5) is 5.69 Å². The van der Waals surface area contributed by atoms with Crippen molar-refractivity contribution in [3.05, 3.63) is 24.0 Å². The zero-order valence-electron chi connectivity index (χ0n) is 11.2. The lowest BCUT2D eigenvalue weighted by atomic mass is 10.2. The lowest BCUT2D eigenvalue weighted by Crippen LogP contribution is -2.48. The van der Waals surface area contributed by atoms with E-state index in [2.05, 4.69) is 9.88 Å². The number of piperazine rings is 1. The molecule has 0 bridgehead atoms. The van der Waals surface area contributed by atoms with Crippen LogP contribution in [-0.4, -0.2) is 55.2 Å². The molecule has 1 aliphatic heterocycles. The average Bonchev–Trinajstić information content (AvgIpc) is 2.38. The molecule has 2 rings (SSSR count). The standard InChI is InChI=1S/C12H19N3O3S/c1-10(16)12-4-3-11(9-13-12)14-5-7-15(8-6-14)19(2,17)18/h3-4,9-10,16H,5-8H2,1-2H3. The molecule has 1 saturated heterocycles. The summed E-state index contributed by atoms with van der Waals surface area (Å²) in [6, 6.07) is 3.70. The van der Waals surface area contributed by atoms with Crippen molar-refractivity contribution in [1.82, 2.24) is 9.29 Å². The van der Waals surface area contributed by atoms with Gasteiger partial charge in [0.05, 0.1) is 29.9 Å². The highest BCUT2D eigenvalue weighted by atomic mass is 32.2. The van der Waals surface area contributed by atoms with Crippen LogP contribution in [0.5, 0.6) is 0 Å². The Balaban J connectivity index is 2.02. The fourth-order valence-electron chi connectivity index (χ4n) is 2.11. The molecule has 2 heterocycles. The summed E-state index contributed by atoms with van der Waals surface area (Å²) in [5.74, 6) is 0. The van der Waals surface area contributed by atoms with E-state index in [1.165, 1.54) is 10.6 Å². The topological polar surface area (TPSA) is 73.7 Å². The van der Waals surface area contributed by atoms with Gasteiger partial charge in [-0.3, -0.25) is 4.98 Å². The summed E-state index contributed by atoms with van der Waals surface area (Å²) < 4.78 is 24.3. The Kier molecular flexibility index (Phi) is 4.07. The second-order valence-corrected chi connectivity index (χ2v) is 6.75. The van der Waals surface area contributed by atoms with Gasteiger partial charge >= 0.3 is 0 Å². The van der Waals surface area contributed by atoms with E-state index >= 15 is 0 Å². The first-order chi connectivity index (χ1) is 8.88. The number of hydrogen-bond donors (Lipinski definition) is 1. The largest absolute Gasteiger partial charge is 0.387 e. The summed E-state index contributed by atoms with van der Waals surface area (Å²) >= 11 is 0. The molecule has 0 amide bonds. The van der Waals surface area contributed by atoms with Gasteiger partial charge in [-0.25, -0.2) is 8.42 Å². The fourth-order valence-corrected chi connectivity index (χ4v) is 2.94. The van der Waals surface area contributed by atoms with E-state index in [9.17, 15) is 13.5 Å². The van der Waals surface area contributed by atoms with Gasteiger partial charge in [-0.05, 0) is 19.1 Å². The second-order valence-electron chi connectivity index (χ2n) is 4.77. The van der Waals surface area contributed by atoms with Crippen LogP contribution in [0.1, 0.15) is 18.7 Å². The van der Waals surface area contributed by atoms with Gasteiger partial charge in [0.25, 0.3) is 0 Å². The van der Waals surface area contributed by atoms with Gasteiger partial charge in [-0.15, -0.1) is 0 Å². The minimum Gasteiger partial charge on any atom is -0.387 e. The van der Waals surface area contributed by atoms with E-state index in [1.54, 1.807) is 19.2 Å². The van der Waals surface area contributed by atoms with Crippen LogP contribution >= 0.6 is 0 Å². The Bertz CT molecular complexity index is 520. The molecule has 1 atom stereocenters. The summed E-state index contributed by atoms with van der Waals surface area (Å²) in [6.07, 6.45) is 2.39. The summed E-state index contributed by atoms with van der Waals surface area (Å²) in [6.45, 7) is 3.98. The molecule has 6 nitrogen and oxygen atoms in total. The number of aromatic nitrogens is 1. The van der Waals surface area contributed by atoms with Crippen molar-refractivity contribution >= 4 is 15.7 Å². The van der Waals surface area contributed by atoms with Gasteiger partial charge < -0.3 is 10.0 Å². The van der Waals surface area contributed by atoms with E-state index in [1.807, 2.05) is 6.07 Å². The molecule has 0 spiro atoms. The summed E-state index contributed by atoms with van der Waals surface area (Å²) in [5.41, 5.74) is 1.59. The van der Waals surface area contributed by atoms with Crippen LogP contribution in [0.15, 0.2) is 18.3 Å². The van der Waals surface area contributed by atoms with Crippen LogP contribution < -0.4 is 4.90 Å². The zero-order chi connectivity index (χ0) is 14.0. The van der Waals surface area contributed by atoms with Gasteiger partial charge in [0, 0.05) is 26.2 Å². The predicted octanol–water partition coefficient (Wildman–Crippen LogP) is 0.216. The van der Waals surface area contributed by atoms with Crippen LogP contribution in [0, 0.1) is 0 Å². The number of sulfonamides is 1. The van der Waals surface area contributed by atoms with Crippen molar-refractivity contribution in [2.75, 3.05) is 37.3 Å². The third kappa shape index (κ3) is 3.43. The van der Waals surface area contributed by atoms with Crippen molar-refractivity contribution < 1.29 is 13.5 Å². The highest BCUT2D eigenvalue weighted by molar-refractivity contribution is 7.88. The lowest BCUT2D eigenvalue weighted by Gasteiger charge is -2.34. The normalized spacial score (nSPS) is 19.4. The lowest BCUT2D eigenvalue weighted by molar-refractivity contribution is 0.194. The van der Waals surface area contributed by atoms with E-state index in [0.29, 0.717) is 31.9 Å². The number of aliphatic hydroxyl groups is 1. The van der Waals surface area contributed by atoms with Gasteiger partial charge in [0.2, 0.25) is 10.0 Å². The quantitative estimate of drug-likeness (QED) is 0.860. The van der Waals surface area contributed by atoms with E-state index in [0.717, 1.165) is 5.69 Å². The van der Waals surface area contributed by atoms with Crippen LogP contribution in [0.25, 0.3) is 0 Å². The van der Waals surface area contributed by atoms with E-state index < -0.39 is 16.1 Å². The Labute approximate surface area is 113 Å². The van der Waals surface area contributed by atoms with Crippen molar-refractivity contribution in [2.24, 2.45) is 0 Å². The van der Waals surface area contributed by atoms with Gasteiger partial charge in [-0.1, -0.05) is 0 Å². The zero-order valence-corrected chi connectivity index (χ0v) is 12.0. The number of nitrogens with zero attached hydrogens (tertiary/aromatic N) is 3. The maximum absolute atomic E-state index is 11.4. The molecule has 1 fully saturated rings. The molecular formula is C12H19N3O3S. The number of anilines is 1. The number of pyridine rings is 1. The highest BCUT2D eigenvalue weighted by Gasteiger charge is 2.23. The Morgan fingerprint density at radius 2 is 1.89 bits per heavy atom. The highest BCUT2D eigenvalue weighted by Crippen LogP contribution is 2.18. The summed E-state index contributed by atoms with van der Waals surface area (Å²) in [7, 11) is -3.09. The predicted molar refractivity (Wildman–Crippen MR) is 73.5 cm³/mol. The molecule has 1 aromatic heterocycles. The second kappa shape index (κ2) is 5.44. The van der Waals surface area contributed by atoms with Gasteiger partial charge in [0.15, 0.2) is 0 Å². The van der Waals surface area contributed by atoms with Crippen molar-refractivity contribution in [3.8, 4) is 0 Å². The van der Waals surface area contributed by atoms with Crippen LogP contribution in [-0.2, 0) is 10.0 Å².